The van der Waals surface area contributed by atoms with E-state index in [4.69, 9.17) is 15.2 Å². The lowest BCUT2D eigenvalue weighted by Crippen LogP contribution is -2.32. The average molecular weight is 328 g/mol. The lowest BCUT2D eigenvalue weighted by Gasteiger charge is -2.13. The van der Waals surface area contributed by atoms with Crippen LogP contribution < -0.4 is 20.5 Å². The van der Waals surface area contributed by atoms with Gasteiger partial charge >= 0.3 is 0 Å². The summed E-state index contributed by atoms with van der Waals surface area (Å²) in [6.45, 7) is 2.85. The summed E-state index contributed by atoms with van der Waals surface area (Å²) < 4.78 is 11.4. The highest BCUT2D eigenvalue weighted by Gasteiger charge is 2.08. The number of hydrogen-bond donors (Lipinski definition) is 2. The van der Waals surface area contributed by atoms with Gasteiger partial charge in [0, 0.05) is 12.6 Å². The summed E-state index contributed by atoms with van der Waals surface area (Å²) in [4.78, 5) is 11.8. The highest BCUT2D eigenvalue weighted by Crippen LogP contribution is 2.27. The number of para-hydroxylation sites is 2. The van der Waals surface area contributed by atoms with Crippen LogP contribution in [0.4, 0.5) is 0 Å². The molecule has 2 aromatic carbocycles. The van der Waals surface area contributed by atoms with Gasteiger partial charge in [-0.05, 0) is 31.0 Å². The van der Waals surface area contributed by atoms with Crippen molar-refractivity contribution in [3.8, 4) is 11.5 Å². The monoisotopic (exact) mass is 328 g/mol. The van der Waals surface area contributed by atoms with Crippen molar-refractivity contribution in [1.82, 2.24) is 5.32 Å². The number of rotatable bonds is 9. The Bertz CT molecular complexity index is 630. The van der Waals surface area contributed by atoms with Gasteiger partial charge < -0.3 is 20.5 Å². The van der Waals surface area contributed by atoms with E-state index in [1.807, 2.05) is 55.5 Å². The molecule has 0 heterocycles. The van der Waals surface area contributed by atoms with E-state index in [1.54, 1.807) is 6.07 Å². The summed E-state index contributed by atoms with van der Waals surface area (Å²) in [6.07, 6.45) is 0.739. The molecule has 2 aromatic rings. The van der Waals surface area contributed by atoms with Gasteiger partial charge in [0.2, 0.25) is 0 Å². The first-order chi connectivity index (χ1) is 11.6. The van der Waals surface area contributed by atoms with Gasteiger partial charge in [0.25, 0.3) is 5.91 Å². The molecule has 0 bridgehead atoms. The van der Waals surface area contributed by atoms with Crippen LogP contribution in [-0.4, -0.2) is 25.1 Å². The van der Waals surface area contributed by atoms with Crippen molar-refractivity contribution < 1.29 is 14.3 Å². The highest BCUT2D eigenvalue weighted by molar-refractivity contribution is 5.77. The van der Waals surface area contributed by atoms with Crippen LogP contribution in [0.15, 0.2) is 54.6 Å². The quantitative estimate of drug-likeness (QED) is 0.742. The predicted molar refractivity (Wildman–Crippen MR) is 94.0 cm³/mol. The molecule has 0 aromatic heterocycles. The molecule has 5 heteroatoms. The largest absolute Gasteiger partial charge is 0.485 e. The summed E-state index contributed by atoms with van der Waals surface area (Å²) in [5.74, 6) is 0.994. The molecule has 0 spiro atoms. The third-order valence-corrected chi connectivity index (χ3v) is 3.37. The second-order valence-corrected chi connectivity index (χ2v) is 5.63. The molecule has 128 valence electrons. The molecular formula is C19H24N2O3. The molecular weight excluding hydrogens is 304 g/mol. The van der Waals surface area contributed by atoms with Gasteiger partial charge in [-0.1, -0.05) is 42.5 Å². The summed E-state index contributed by atoms with van der Waals surface area (Å²) in [5, 5.41) is 2.78. The fraction of sp³-hybridized carbons (Fsp3) is 0.316. The zero-order valence-electron chi connectivity index (χ0n) is 13.9. The van der Waals surface area contributed by atoms with Crippen LogP contribution in [0.2, 0.25) is 0 Å². The van der Waals surface area contributed by atoms with Crippen LogP contribution in [0, 0.1) is 0 Å². The lowest BCUT2D eigenvalue weighted by atomic mass is 10.2. The lowest BCUT2D eigenvalue weighted by molar-refractivity contribution is -0.123. The number of nitrogens with two attached hydrogens (primary N) is 1. The molecule has 0 saturated heterocycles. The molecule has 0 saturated carbocycles. The Morgan fingerprint density at radius 2 is 1.67 bits per heavy atom. The molecule has 0 fully saturated rings. The molecule has 24 heavy (non-hydrogen) atoms. The highest BCUT2D eigenvalue weighted by atomic mass is 16.5. The summed E-state index contributed by atoms with van der Waals surface area (Å²) in [5.41, 5.74) is 6.72. The van der Waals surface area contributed by atoms with E-state index in [1.165, 1.54) is 0 Å². The number of hydrogen-bond acceptors (Lipinski definition) is 4. The molecule has 0 aliphatic rings. The SMILES string of the molecule is CC(N)CCNC(=O)COc1ccccc1OCc1ccccc1. The first-order valence-corrected chi connectivity index (χ1v) is 8.06. The van der Waals surface area contributed by atoms with E-state index in [9.17, 15) is 4.79 Å². The van der Waals surface area contributed by atoms with Crippen LogP contribution in [0.5, 0.6) is 11.5 Å². The van der Waals surface area contributed by atoms with E-state index < -0.39 is 0 Å². The van der Waals surface area contributed by atoms with E-state index in [-0.39, 0.29) is 18.6 Å². The zero-order valence-corrected chi connectivity index (χ0v) is 13.9. The topological polar surface area (TPSA) is 73.6 Å². The third kappa shape index (κ3) is 6.30. The van der Waals surface area contributed by atoms with Crippen LogP contribution in [0.3, 0.4) is 0 Å². The van der Waals surface area contributed by atoms with Gasteiger partial charge in [-0.15, -0.1) is 0 Å². The van der Waals surface area contributed by atoms with Crippen LogP contribution >= 0.6 is 0 Å². The molecule has 3 N–H and O–H groups in total. The van der Waals surface area contributed by atoms with Crippen molar-refractivity contribution in [2.24, 2.45) is 5.73 Å². The van der Waals surface area contributed by atoms with E-state index in [0.717, 1.165) is 12.0 Å². The average Bonchev–Trinajstić information content (AvgIpc) is 2.59. The number of carbonyl (C=O) groups excluding carboxylic acids is 1. The number of ether oxygens (including phenoxy) is 2. The van der Waals surface area contributed by atoms with Crippen molar-refractivity contribution in [3.05, 3.63) is 60.2 Å². The van der Waals surface area contributed by atoms with E-state index >= 15 is 0 Å². The van der Waals surface area contributed by atoms with Gasteiger partial charge in [0.15, 0.2) is 18.1 Å². The fourth-order valence-corrected chi connectivity index (χ4v) is 2.06. The normalized spacial score (nSPS) is 11.6. The predicted octanol–water partition coefficient (Wildman–Crippen LogP) is 2.50. The maximum absolute atomic E-state index is 11.8. The van der Waals surface area contributed by atoms with Crippen molar-refractivity contribution in [2.45, 2.75) is 26.0 Å². The molecule has 2 rings (SSSR count). The van der Waals surface area contributed by atoms with Gasteiger partial charge in [0.05, 0.1) is 0 Å². The minimum atomic E-state index is -0.173. The number of nitrogens with one attached hydrogen (secondary N) is 1. The molecule has 1 amide bonds. The first kappa shape index (κ1) is 17.8. The Labute approximate surface area is 142 Å². The molecule has 1 unspecified atom stereocenters. The van der Waals surface area contributed by atoms with Crippen LogP contribution in [0.1, 0.15) is 18.9 Å². The van der Waals surface area contributed by atoms with E-state index in [2.05, 4.69) is 5.32 Å². The molecule has 0 aliphatic carbocycles. The van der Waals surface area contributed by atoms with Gasteiger partial charge in [-0.25, -0.2) is 0 Å². The minimum absolute atomic E-state index is 0.0509. The molecule has 0 radical (unpaired) electrons. The fourth-order valence-electron chi connectivity index (χ4n) is 2.06. The van der Waals surface area contributed by atoms with Crippen molar-refractivity contribution >= 4 is 5.91 Å². The molecule has 0 aliphatic heterocycles. The summed E-state index contributed by atoms with van der Waals surface area (Å²) in [6, 6.07) is 17.3. The Hall–Kier alpha value is -2.53. The number of benzene rings is 2. The molecule has 5 nitrogen and oxygen atoms in total. The summed E-state index contributed by atoms with van der Waals surface area (Å²) >= 11 is 0. The van der Waals surface area contributed by atoms with Gasteiger partial charge in [-0.2, -0.15) is 0 Å². The smallest absolute Gasteiger partial charge is 0.257 e. The number of carbonyl (C=O) groups is 1. The Morgan fingerprint density at radius 1 is 1.04 bits per heavy atom. The second-order valence-electron chi connectivity index (χ2n) is 5.63. The van der Waals surface area contributed by atoms with Crippen LogP contribution in [-0.2, 0) is 11.4 Å². The van der Waals surface area contributed by atoms with E-state index in [0.29, 0.717) is 24.7 Å². The van der Waals surface area contributed by atoms with Crippen molar-refractivity contribution in [1.29, 1.82) is 0 Å². The van der Waals surface area contributed by atoms with Gasteiger partial charge in [0.1, 0.15) is 6.61 Å². The third-order valence-electron chi connectivity index (χ3n) is 3.37. The first-order valence-electron chi connectivity index (χ1n) is 8.06. The Morgan fingerprint density at radius 3 is 2.33 bits per heavy atom. The number of amides is 1. The Balaban J connectivity index is 1.83. The maximum atomic E-state index is 11.8. The van der Waals surface area contributed by atoms with Crippen molar-refractivity contribution in [2.75, 3.05) is 13.2 Å². The summed E-state index contributed by atoms with van der Waals surface area (Å²) in [7, 11) is 0. The Kier molecular flexibility index (Phi) is 7.11. The van der Waals surface area contributed by atoms with Crippen molar-refractivity contribution in [3.63, 3.8) is 0 Å². The second kappa shape index (κ2) is 9.57. The van der Waals surface area contributed by atoms with Crippen LogP contribution in [0.25, 0.3) is 0 Å². The zero-order chi connectivity index (χ0) is 17.2. The molecule has 1 atom stereocenters. The van der Waals surface area contributed by atoms with Gasteiger partial charge in [-0.3, -0.25) is 4.79 Å². The maximum Gasteiger partial charge on any atom is 0.257 e. The standard InChI is InChI=1S/C19H24N2O3/c1-15(20)11-12-21-19(22)14-24-18-10-6-5-9-17(18)23-13-16-7-3-2-4-8-16/h2-10,15H,11-14,20H2,1H3,(H,21,22). The minimum Gasteiger partial charge on any atom is -0.485 e.